The van der Waals surface area contributed by atoms with Gasteiger partial charge in [-0.25, -0.2) is 4.21 Å². The zero-order chi connectivity index (χ0) is 9.43. The van der Waals surface area contributed by atoms with Crippen LogP contribution in [0.4, 0.5) is 0 Å². The number of ether oxygens (including phenoxy) is 1. The Hall–Kier alpha value is -0.0600. The highest BCUT2D eigenvalue weighted by Crippen LogP contribution is 2.55. The van der Waals surface area contributed by atoms with Crippen molar-refractivity contribution in [3.63, 3.8) is 0 Å². The molecule has 13 heavy (non-hydrogen) atoms. The Kier molecular flexibility index (Phi) is 1.25. The summed E-state index contributed by atoms with van der Waals surface area (Å²) >= 11 is 0. The van der Waals surface area contributed by atoms with Crippen LogP contribution in [0.5, 0.6) is 0 Å². The second-order valence-electron chi connectivity index (χ2n) is 4.86. The number of hydrogen-bond donors (Lipinski definition) is 0. The first-order valence-electron chi connectivity index (χ1n) is 4.63. The number of fused-ring (bicyclic) bond motifs is 1. The molecule has 0 aromatic rings. The van der Waals surface area contributed by atoms with Gasteiger partial charge in [-0.3, -0.25) is 4.18 Å². The molecule has 0 amide bonds. The molecule has 3 fully saturated rings. The van der Waals surface area contributed by atoms with Crippen LogP contribution in [0.2, 0.25) is 0 Å². The van der Waals surface area contributed by atoms with Gasteiger partial charge >= 0.3 is 0 Å². The van der Waals surface area contributed by atoms with Crippen molar-refractivity contribution in [1.29, 1.82) is 0 Å². The first-order valence-corrected chi connectivity index (χ1v) is 6.34. The van der Waals surface area contributed by atoms with Crippen molar-refractivity contribution < 1.29 is 13.1 Å². The average Bonchev–Trinajstić information content (AvgIpc) is 2.54. The van der Waals surface area contributed by atoms with Crippen LogP contribution in [0.1, 0.15) is 20.3 Å². The van der Waals surface area contributed by atoms with Crippen LogP contribution < -0.4 is 0 Å². The van der Waals surface area contributed by atoms with E-state index in [2.05, 4.69) is 19.7 Å². The molecule has 0 spiro atoms. The molecule has 0 N–H and O–H groups in total. The maximum Gasteiger partial charge on any atom is 0.109 e. The number of rotatable bonds is 0. The van der Waals surface area contributed by atoms with Crippen LogP contribution in [-0.2, 0) is 18.7 Å². The SMILES string of the molecule is C=S1(=O)OC2C3OC(CC31)C2(C)C. The predicted molar refractivity (Wildman–Crippen MR) is 51.0 cm³/mol. The van der Waals surface area contributed by atoms with Gasteiger partial charge in [-0.2, -0.15) is 0 Å². The van der Waals surface area contributed by atoms with Gasteiger partial charge < -0.3 is 4.74 Å². The van der Waals surface area contributed by atoms with Crippen molar-refractivity contribution in [1.82, 2.24) is 0 Å². The maximum absolute atomic E-state index is 11.9. The summed E-state index contributed by atoms with van der Waals surface area (Å²) in [4.78, 5) is 0. The molecule has 0 aliphatic carbocycles. The first kappa shape index (κ1) is 8.26. The Bertz CT molecular complexity index is 357. The molecule has 3 saturated heterocycles. The Morgan fingerprint density at radius 2 is 2.23 bits per heavy atom. The highest BCUT2D eigenvalue weighted by molar-refractivity contribution is 7.96. The molecule has 3 aliphatic heterocycles. The molecule has 3 aliphatic rings. The molecular weight excluding hydrogens is 188 g/mol. The molecule has 3 nitrogen and oxygen atoms in total. The summed E-state index contributed by atoms with van der Waals surface area (Å²) in [6.45, 7) is 4.25. The lowest BCUT2D eigenvalue weighted by Gasteiger charge is -2.29. The first-order chi connectivity index (χ1) is 5.93. The van der Waals surface area contributed by atoms with Crippen molar-refractivity contribution >= 4 is 15.7 Å². The number of hydrogen-bond acceptors (Lipinski definition) is 3. The van der Waals surface area contributed by atoms with Crippen molar-refractivity contribution in [3.05, 3.63) is 0 Å². The zero-order valence-electron chi connectivity index (χ0n) is 7.86. The Balaban J connectivity index is 2.14. The van der Waals surface area contributed by atoms with E-state index in [4.69, 9.17) is 8.92 Å². The summed E-state index contributed by atoms with van der Waals surface area (Å²) in [5.41, 5.74) is 0.0119. The highest BCUT2D eigenvalue weighted by atomic mass is 32.2. The molecule has 2 bridgehead atoms. The summed E-state index contributed by atoms with van der Waals surface area (Å²) in [6, 6.07) is 0. The third kappa shape index (κ3) is 0.778. The molecule has 0 aromatic heterocycles. The summed E-state index contributed by atoms with van der Waals surface area (Å²) < 4.78 is 23.2. The van der Waals surface area contributed by atoms with Gasteiger partial charge in [0.25, 0.3) is 0 Å². The third-order valence-electron chi connectivity index (χ3n) is 3.72. The molecule has 3 heterocycles. The van der Waals surface area contributed by atoms with E-state index in [-0.39, 0.29) is 29.0 Å². The van der Waals surface area contributed by atoms with Crippen molar-refractivity contribution in [2.75, 3.05) is 0 Å². The van der Waals surface area contributed by atoms with Gasteiger partial charge in [0.1, 0.15) is 12.2 Å². The van der Waals surface area contributed by atoms with E-state index < -0.39 is 9.80 Å². The Morgan fingerprint density at radius 1 is 1.54 bits per heavy atom. The average molecular weight is 202 g/mol. The normalized spacial score (nSPS) is 61.7. The summed E-state index contributed by atoms with van der Waals surface area (Å²) in [5.74, 6) is 3.68. The minimum Gasteiger partial charge on any atom is -0.370 e. The summed E-state index contributed by atoms with van der Waals surface area (Å²) in [7, 11) is -2.33. The van der Waals surface area contributed by atoms with Crippen LogP contribution in [0.3, 0.4) is 0 Å². The standard InChI is InChI=1S/C9H14O3S/c1-9(2)6-4-5-7(11-6)8(9)12-13(5,3)10/h5-8H,3-4H2,1-2H3. The lowest BCUT2D eigenvalue weighted by Crippen LogP contribution is -2.40. The second-order valence-corrected chi connectivity index (χ2v) is 6.99. The molecular formula is C9H14O3S. The van der Waals surface area contributed by atoms with Gasteiger partial charge in [0, 0.05) is 5.41 Å². The van der Waals surface area contributed by atoms with Gasteiger partial charge in [0.15, 0.2) is 0 Å². The van der Waals surface area contributed by atoms with Crippen molar-refractivity contribution in [2.45, 2.75) is 43.8 Å². The molecule has 4 heteroatoms. The van der Waals surface area contributed by atoms with Gasteiger partial charge in [-0.15, -0.1) is 0 Å². The molecule has 0 aromatic carbocycles. The van der Waals surface area contributed by atoms with Gasteiger partial charge in [0.2, 0.25) is 0 Å². The van der Waals surface area contributed by atoms with E-state index in [9.17, 15) is 4.21 Å². The third-order valence-corrected chi connectivity index (χ3v) is 5.64. The van der Waals surface area contributed by atoms with E-state index >= 15 is 0 Å². The summed E-state index contributed by atoms with van der Waals surface area (Å²) in [6.07, 6.45) is 1.13. The minimum absolute atomic E-state index is 0.00116. The van der Waals surface area contributed by atoms with Crippen LogP contribution in [0.25, 0.3) is 0 Å². The second kappa shape index (κ2) is 1.97. The smallest absolute Gasteiger partial charge is 0.109 e. The fraction of sp³-hybridized carbons (Fsp3) is 0.889. The fourth-order valence-electron chi connectivity index (χ4n) is 2.81. The van der Waals surface area contributed by atoms with Crippen LogP contribution in [-0.4, -0.2) is 33.6 Å². The van der Waals surface area contributed by atoms with E-state index in [1.54, 1.807) is 0 Å². The monoisotopic (exact) mass is 202 g/mol. The van der Waals surface area contributed by atoms with E-state index in [0.717, 1.165) is 6.42 Å². The summed E-state index contributed by atoms with van der Waals surface area (Å²) in [5, 5.41) is 0.0514. The minimum atomic E-state index is -2.33. The lowest BCUT2D eigenvalue weighted by atomic mass is 9.75. The van der Waals surface area contributed by atoms with Gasteiger partial charge in [-0.05, 0) is 12.3 Å². The Morgan fingerprint density at radius 3 is 2.77 bits per heavy atom. The van der Waals surface area contributed by atoms with E-state index in [0.29, 0.717) is 0 Å². The Labute approximate surface area is 78.6 Å². The predicted octanol–water partition coefficient (Wildman–Crippen LogP) is 0.582. The van der Waals surface area contributed by atoms with Crippen molar-refractivity contribution in [2.24, 2.45) is 5.41 Å². The van der Waals surface area contributed by atoms with Crippen molar-refractivity contribution in [3.8, 4) is 0 Å². The lowest BCUT2D eigenvalue weighted by molar-refractivity contribution is 0.0739. The van der Waals surface area contributed by atoms with E-state index in [1.807, 2.05) is 0 Å². The zero-order valence-corrected chi connectivity index (χ0v) is 8.67. The highest BCUT2D eigenvalue weighted by Gasteiger charge is 2.66. The molecule has 0 radical (unpaired) electrons. The van der Waals surface area contributed by atoms with Crippen LogP contribution >= 0.6 is 0 Å². The maximum atomic E-state index is 11.9. The van der Waals surface area contributed by atoms with Gasteiger partial charge in [-0.1, -0.05) is 13.8 Å². The van der Waals surface area contributed by atoms with Crippen LogP contribution in [0, 0.1) is 5.41 Å². The van der Waals surface area contributed by atoms with Crippen LogP contribution in [0.15, 0.2) is 0 Å². The van der Waals surface area contributed by atoms with E-state index in [1.165, 1.54) is 0 Å². The topological polar surface area (TPSA) is 35.5 Å². The largest absolute Gasteiger partial charge is 0.370 e. The fourth-order valence-corrected chi connectivity index (χ4v) is 4.74. The van der Waals surface area contributed by atoms with Gasteiger partial charge in [0.05, 0.1) is 21.2 Å². The molecule has 74 valence electrons. The molecule has 5 unspecified atom stereocenters. The molecule has 3 rings (SSSR count). The quantitative estimate of drug-likeness (QED) is 0.539. The molecule has 5 atom stereocenters. The molecule has 0 saturated carbocycles.